The highest BCUT2D eigenvalue weighted by molar-refractivity contribution is 9.10. The molecular weight excluding hydrogens is 315 g/mol. The van der Waals surface area contributed by atoms with Crippen molar-refractivity contribution in [1.82, 2.24) is 10.3 Å². The third-order valence-electron chi connectivity index (χ3n) is 2.05. The van der Waals surface area contributed by atoms with Gasteiger partial charge in [0.2, 0.25) is 0 Å². The average Bonchev–Trinajstić information content (AvgIpc) is 2.26. The van der Waals surface area contributed by atoms with Crippen LogP contribution in [0.3, 0.4) is 0 Å². The van der Waals surface area contributed by atoms with E-state index < -0.39 is 18.5 Å². The molecule has 0 saturated carbocycles. The number of nitrogens with one attached hydrogen (secondary N) is 1. The Labute approximate surface area is 110 Å². The minimum atomic E-state index is -4.21. The van der Waals surface area contributed by atoms with Crippen LogP contribution >= 0.6 is 15.9 Å². The fourth-order valence-corrected chi connectivity index (χ4v) is 1.55. The lowest BCUT2D eigenvalue weighted by Crippen LogP contribution is -2.26. The summed E-state index contributed by atoms with van der Waals surface area (Å²) in [5, 5.41) is 2.36. The van der Waals surface area contributed by atoms with E-state index in [0.717, 1.165) is 0 Å². The Morgan fingerprint density at radius 1 is 1.50 bits per heavy atom. The second-order valence-electron chi connectivity index (χ2n) is 3.56. The van der Waals surface area contributed by atoms with Gasteiger partial charge in [0, 0.05) is 23.6 Å². The maximum absolute atomic E-state index is 11.9. The van der Waals surface area contributed by atoms with Crippen LogP contribution in [0.15, 0.2) is 16.7 Å². The van der Waals surface area contributed by atoms with Crippen LogP contribution in [0.1, 0.15) is 23.2 Å². The van der Waals surface area contributed by atoms with Crippen LogP contribution in [0.2, 0.25) is 0 Å². The van der Waals surface area contributed by atoms with Crippen molar-refractivity contribution in [1.29, 1.82) is 0 Å². The average molecular weight is 326 g/mol. The van der Waals surface area contributed by atoms with Gasteiger partial charge >= 0.3 is 6.18 Å². The number of nitrogen functional groups attached to an aromatic ring is 1. The van der Waals surface area contributed by atoms with Crippen molar-refractivity contribution in [3.8, 4) is 0 Å². The molecule has 0 bridgehead atoms. The highest BCUT2D eigenvalue weighted by atomic mass is 79.9. The predicted octanol–water partition coefficient (Wildman–Crippen LogP) is 2.50. The molecule has 8 heteroatoms. The number of nitrogens with zero attached hydrogens (tertiary/aromatic N) is 1. The minimum Gasteiger partial charge on any atom is -0.383 e. The molecule has 0 spiro atoms. The topological polar surface area (TPSA) is 68.0 Å². The molecular formula is C10H11BrF3N3O. The molecule has 18 heavy (non-hydrogen) atoms. The van der Waals surface area contributed by atoms with Gasteiger partial charge in [-0.05, 0) is 28.4 Å². The zero-order valence-electron chi connectivity index (χ0n) is 9.22. The first kappa shape index (κ1) is 14.7. The van der Waals surface area contributed by atoms with Gasteiger partial charge in [0.25, 0.3) is 5.91 Å². The summed E-state index contributed by atoms with van der Waals surface area (Å²) >= 11 is 3.13. The van der Waals surface area contributed by atoms with Crippen molar-refractivity contribution in [3.63, 3.8) is 0 Å². The number of nitrogens with two attached hydrogens (primary N) is 1. The van der Waals surface area contributed by atoms with Crippen molar-refractivity contribution in [3.05, 3.63) is 22.3 Å². The third kappa shape index (κ3) is 4.91. The standard InChI is InChI=1S/C10H11BrF3N3O/c11-6-4-7(8(15)17-5-6)9(18)16-3-1-2-10(12,13)14/h4-5H,1-3H2,(H2,15,17)(H,16,18). The molecule has 0 unspecified atom stereocenters. The van der Waals surface area contributed by atoms with Crippen molar-refractivity contribution in [2.75, 3.05) is 12.3 Å². The van der Waals surface area contributed by atoms with E-state index in [0.29, 0.717) is 4.47 Å². The second-order valence-corrected chi connectivity index (χ2v) is 4.48. The monoisotopic (exact) mass is 325 g/mol. The van der Waals surface area contributed by atoms with E-state index in [9.17, 15) is 18.0 Å². The molecule has 1 aromatic rings. The Hall–Kier alpha value is -1.31. The molecule has 0 atom stereocenters. The van der Waals surface area contributed by atoms with Crippen LogP contribution in [0, 0.1) is 0 Å². The first-order chi connectivity index (χ1) is 8.29. The summed E-state index contributed by atoms with van der Waals surface area (Å²) in [5.74, 6) is -0.505. The van der Waals surface area contributed by atoms with Gasteiger partial charge in [-0.15, -0.1) is 0 Å². The van der Waals surface area contributed by atoms with Crippen LogP contribution in [0.4, 0.5) is 19.0 Å². The van der Waals surface area contributed by atoms with Gasteiger partial charge < -0.3 is 11.1 Å². The Bertz CT molecular complexity index is 437. The number of halogens is 4. The molecule has 0 aromatic carbocycles. The Morgan fingerprint density at radius 3 is 2.78 bits per heavy atom. The van der Waals surface area contributed by atoms with Gasteiger partial charge in [0.15, 0.2) is 0 Å². The summed E-state index contributed by atoms with van der Waals surface area (Å²) in [4.78, 5) is 15.4. The van der Waals surface area contributed by atoms with E-state index in [1.54, 1.807) is 0 Å². The summed E-state index contributed by atoms with van der Waals surface area (Å²) in [6.07, 6.45) is -3.88. The molecule has 0 aliphatic carbocycles. The Balaban J connectivity index is 2.48. The van der Waals surface area contributed by atoms with Crippen LogP contribution in [0.5, 0.6) is 0 Å². The summed E-state index contributed by atoms with van der Waals surface area (Å²) in [6, 6.07) is 1.46. The van der Waals surface area contributed by atoms with Crippen LogP contribution in [-0.4, -0.2) is 23.6 Å². The molecule has 0 saturated heterocycles. The van der Waals surface area contributed by atoms with Crippen molar-refractivity contribution < 1.29 is 18.0 Å². The molecule has 1 aromatic heterocycles. The number of rotatable bonds is 4. The van der Waals surface area contributed by atoms with E-state index >= 15 is 0 Å². The normalized spacial score (nSPS) is 11.3. The molecule has 3 N–H and O–H groups in total. The number of hydrogen-bond acceptors (Lipinski definition) is 3. The maximum atomic E-state index is 11.9. The molecule has 0 fully saturated rings. The molecule has 0 radical (unpaired) electrons. The fourth-order valence-electron chi connectivity index (χ4n) is 1.22. The van der Waals surface area contributed by atoms with Crippen molar-refractivity contribution >= 4 is 27.7 Å². The molecule has 100 valence electrons. The van der Waals surface area contributed by atoms with Gasteiger partial charge in [-0.1, -0.05) is 0 Å². The summed E-state index contributed by atoms with van der Waals surface area (Å²) in [6.45, 7) is -0.0652. The zero-order chi connectivity index (χ0) is 13.8. The molecule has 4 nitrogen and oxygen atoms in total. The SMILES string of the molecule is Nc1ncc(Br)cc1C(=O)NCCCC(F)(F)F. The quantitative estimate of drug-likeness (QED) is 0.836. The van der Waals surface area contributed by atoms with E-state index in [1.807, 2.05) is 0 Å². The van der Waals surface area contributed by atoms with Gasteiger partial charge in [-0.2, -0.15) is 13.2 Å². The molecule has 0 aliphatic heterocycles. The van der Waals surface area contributed by atoms with Crippen molar-refractivity contribution in [2.24, 2.45) is 0 Å². The third-order valence-corrected chi connectivity index (χ3v) is 2.49. The molecule has 0 aliphatic rings. The van der Waals surface area contributed by atoms with E-state index in [-0.39, 0.29) is 24.3 Å². The number of hydrogen-bond donors (Lipinski definition) is 2. The summed E-state index contributed by atoms with van der Waals surface area (Å²) in [7, 11) is 0. The number of aromatic nitrogens is 1. The summed E-state index contributed by atoms with van der Waals surface area (Å²) < 4.78 is 36.2. The number of pyridine rings is 1. The van der Waals surface area contributed by atoms with Crippen LogP contribution < -0.4 is 11.1 Å². The first-order valence-electron chi connectivity index (χ1n) is 5.05. The Morgan fingerprint density at radius 2 is 2.17 bits per heavy atom. The van der Waals surface area contributed by atoms with Gasteiger partial charge in [0.05, 0.1) is 5.56 Å². The van der Waals surface area contributed by atoms with Gasteiger partial charge in [-0.25, -0.2) is 4.98 Å². The lowest BCUT2D eigenvalue weighted by atomic mass is 10.2. The highest BCUT2D eigenvalue weighted by Gasteiger charge is 2.26. The lowest BCUT2D eigenvalue weighted by Gasteiger charge is -2.08. The van der Waals surface area contributed by atoms with Gasteiger partial charge in [0.1, 0.15) is 5.82 Å². The largest absolute Gasteiger partial charge is 0.389 e. The smallest absolute Gasteiger partial charge is 0.383 e. The zero-order valence-corrected chi connectivity index (χ0v) is 10.8. The molecule has 1 rings (SSSR count). The first-order valence-corrected chi connectivity index (χ1v) is 5.85. The predicted molar refractivity (Wildman–Crippen MR) is 64.0 cm³/mol. The summed E-state index contributed by atoms with van der Waals surface area (Å²) in [5.41, 5.74) is 5.63. The van der Waals surface area contributed by atoms with Gasteiger partial charge in [-0.3, -0.25) is 4.79 Å². The number of anilines is 1. The maximum Gasteiger partial charge on any atom is 0.389 e. The Kier molecular flexibility index (Phi) is 4.94. The number of carbonyl (C=O) groups is 1. The van der Waals surface area contributed by atoms with Crippen LogP contribution in [-0.2, 0) is 0 Å². The number of amides is 1. The van der Waals surface area contributed by atoms with E-state index in [1.165, 1.54) is 12.3 Å². The van der Waals surface area contributed by atoms with E-state index in [2.05, 4.69) is 26.2 Å². The molecule has 1 amide bonds. The van der Waals surface area contributed by atoms with E-state index in [4.69, 9.17) is 5.73 Å². The fraction of sp³-hybridized carbons (Fsp3) is 0.400. The van der Waals surface area contributed by atoms with Crippen LogP contribution in [0.25, 0.3) is 0 Å². The minimum absolute atomic E-state index is 0.0338. The lowest BCUT2D eigenvalue weighted by molar-refractivity contribution is -0.135. The molecule has 1 heterocycles. The van der Waals surface area contributed by atoms with Crippen molar-refractivity contribution in [2.45, 2.75) is 19.0 Å². The number of alkyl halides is 3. The second kappa shape index (κ2) is 6.03. The number of carbonyl (C=O) groups excluding carboxylic acids is 1. The highest BCUT2D eigenvalue weighted by Crippen LogP contribution is 2.21.